The molecule has 134 valence electrons. The summed E-state index contributed by atoms with van der Waals surface area (Å²) >= 11 is 12.0. The zero-order valence-corrected chi connectivity index (χ0v) is 15.9. The van der Waals surface area contributed by atoms with Gasteiger partial charge < -0.3 is 10.6 Å². The molecule has 6 heteroatoms. The van der Waals surface area contributed by atoms with E-state index in [0.717, 1.165) is 17.8 Å². The molecule has 0 saturated carbocycles. The summed E-state index contributed by atoms with van der Waals surface area (Å²) < 4.78 is 0. The Morgan fingerprint density at radius 2 is 1.81 bits per heavy atom. The van der Waals surface area contributed by atoms with E-state index in [2.05, 4.69) is 39.7 Å². The number of hydrogen-bond acceptors (Lipinski definition) is 4. The van der Waals surface area contributed by atoms with Crippen molar-refractivity contribution in [2.45, 2.75) is 19.4 Å². The molecule has 2 aromatic carbocycles. The summed E-state index contributed by atoms with van der Waals surface area (Å²) in [5.41, 5.74) is 2.32. The van der Waals surface area contributed by atoms with Crippen LogP contribution in [-0.4, -0.2) is 16.5 Å². The van der Waals surface area contributed by atoms with E-state index in [4.69, 9.17) is 23.2 Å². The highest BCUT2D eigenvalue weighted by Gasteiger charge is 2.06. The number of aromatic nitrogens is 2. The molecule has 1 unspecified atom stereocenters. The number of benzene rings is 2. The van der Waals surface area contributed by atoms with Crippen LogP contribution in [-0.2, 0) is 6.42 Å². The predicted molar refractivity (Wildman–Crippen MR) is 109 cm³/mol. The molecule has 0 aliphatic rings. The highest BCUT2D eigenvalue weighted by atomic mass is 35.5. The lowest BCUT2D eigenvalue weighted by Crippen LogP contribution is -2.11. The molecular weight excluding hydrogens is 367 g/mol. The molecule has 3 rings (SSSR count). The van der Waals surface area contributed by atoms with Crippen LogP contribution in [0, 0.1) is 0 Å². The predicted octanol–water partition coefficient (Wildman–Crippen LogP) is 5.61. The van der Waals surface area contributed by atoms with E-state index in [1.54, 1.807) is 6.20 Å². The molecule has 1 aromatic heterocycles. The van der Waals surface area contributed by atoms with Crippen molar-refractivity contribution in [3.05, 3.63) is 82.0 Å². The summed E-state index contributed by atoms with van der Waals surface area (Å²) in [6, 6.07) is 17.9. The van der Waals surface area contributed by atoms with Gasteiger partial charge in [0, 0.05) is 18.8 Å². The average molecular weight is 387 g/mol. The molecule has 0 bridgehead atoms. The van der Waals surface area contributed by atoms with E-state index in [0.29, 0.717) is 22.5 Å². The maximum Gasteiger partial charge on any atom is 0.224 e. The third kappa shape index (κ3) is 5.10. The molecule has 4 nitrogen and oxygen atoms in total. The topological polar surface area (TPSA) is 49.8 Å². The lowest BCUT2D eigenvalue weighted by Gasteiger charge is -2.15. The van der Waals surface area contributed by atoms with E-state index in [1.807, 2.05) is 42.5 Å². The van der Waals surface area contributed by atoms with Crippen LogP contribution >= 0.6 is 23.2 Å². The Balaban J connectivity index is 1.56. The van der Waals surface area contributed by atoms with E-state index >= 15 is 0 Å². The Bertz CT molecular complexity index is 855. The first-order chi connectivity index (χ1) is 12.6. The van der Waals surface area contributed by atoms with Gasteiger partial charge in [-0.15, -0.1) is 0 Å². The van der Waals surface area contributed by atoms with Crippen LogP contribution in [0.25, 0.3) is 0 Å². The van der Waals surface area contributed by atoms with Gasteiger partial charge in [0.25, 0.3) is 0 Å². The highest BCUT2D eigenvalue weighted by molar-refractivity contribution is 6.42. The van der Waals surface area contributed by atoms with Crippen molar-refractivity contribution >= 4 is 35.0 Å². The smallest absolute Gasteiger partial charge is 0.224 e. The minimum Gasteiger partial charge on any atom is -0.363 e. The molecular formula is C20H20Cl2N4. The number of nitrogens with zero attached hydrogens (tertiary/aromatic N) is 2. The second-order valence-electron chi connectivity index (χ2n) is 5.97. The van der Waals surface area contributed by atoms with Gasteiger partial charge in [0.1, 0.15) is 5.82 Å². The van der Waals surface area contributed by atoms with E-state index in [9.17, 15) is 0 Å². The molecule has 0 spiro atoms. The van der Waals surface area contributed by atoms with Gasteiger partial charge in [-0.2, -0.15) is 4.98 Å². The standard InChI is InChI=1S/C20H20Cl2N4/c1-14(16-5-3-2-4-6-16)25-19-10-12-24-20(26-19)23-11-9-15-7-8-17(21)18(22)13-15/h2-8,10,12-14H,9,11H2,1H3,(H2,23,24,25,26). The van der Waals surface area contributed by atoms with Crippen LogP contribution in [0.1, 0.15) is 24.1 Å². The normalized spacial score (nSPS) is 11.8. The molecule has 1 heterocycles. The van der Waals surface area contributed by atoms with Gasteiger partial charge >= 0.3 is 0 Å². The Morgan fingerprint density at radius 3 is 2.58 bits per heavy atom. The van der Waals surface area contributed by atoms with Gasteiger partial charge in [0.2, 0.25) is 5.95 Å². The van der Waals surface area contributed by atoms with Crippen molar-refractivity contribution in [3.63, 3.8) is 0 Å². The van der Waals surface area contributed by atoms with Gasteiger partial charge in [0.05, 0.1) is 10.0 Å². The lowest BCUT2D eigenvalue weighted by molar-refractivity contribution is 0.870. The number of halogens is 2. The fourth-order valence-corrected chi connectivity index (χ4v) is 2.91. The first-order valence-corrected chi connectivity index (χ1v) is 9.20. The number of anilines is 2. The Morgan fingerprint density at radius 1 is 1.00 bits per heavy atom. The Hall–Kier alpha value is -2.30. The molecule has 0 aliphatic heterocycles. The van der Waals surface area contributed by atoms with Crippen LogP contribution in [0.4, 0.5) is 11.8 Å². The van der Waals surface area contributed by atoms with Crippen molar-refractivity contribution < 1.29 is 0 Å². The zero-order valence-electron chi connectivity index (χ0n) is 14.4. The van der Waals surface area contributed by atoms with Gasteiger partial charge in [-0.25, -0.2) is 4.98 Å². The highest BCUT2D eigenvalue weighted by Crippen LogP contribution is 2.23. The largest absolute Gasteiger partial charge is 0.363 e. The zero-order chi connectivity index (χ0) is 18.4. The summed E-state index contributed by atoms with van der Waals surface area (Å²) in [5.74, 6) is 1.38. The van der Waals surface area contributed by atoms with Crippen LogP contribution in [0.3, 0.4) is 0 Å². The average Bonchev–Trinajstić information content (AvgIpc) is 2.66. The lowest BCUT2D eigenvalue weighted by atomic mass is 10.1. The van der Waals surface area contributed by atoms with E-state index in [-0.39, 0.29) is 6.04 Å². The van der Waals surface area contributed by atoms with E-state index < -0.39 is 0 Å². The summed E-state index contributed by atoms with van der Waals surface area (Å²) in [4.78, 5) is 8.79. The second kappa shape index (κ2) is 8.88. The quantitative estimate of drug-likeness (QED) is 0.553. The van der Waals surface area contributed by atoms with Gasteiger partial charge in [0.15, 0.2) is 0 Å². The Kier molecular flexibility index (Phi) is 6.31. The molecule has 1 atom stereocenters. The van der Waals surface area contributed by atoms with Crippen molar-refractivity contribution in [2.75, 3.05) is 17.2 Å². The molecule has 0 radical (unpaired) electrons. The maximum atomic E-state index is 6.04. The van der Waals surface area contributed by atoms with Gasteiger partial charge in [-0.3, -0.25) is 0 Å². The number of hydrogen-bond donors (Lipinski definition) is 2. The summed E-state index contributed by atoms with van der Waals surface area (Å²) in [5, 5.41) is 7.78. The molecule has 0 amide bonds. The monoisotopic (exact) mass is 386 g/mol. The first kappa shape index (κ1) is 18.5. The van der Waals surface area contributed by atoms with Crippen molar-refractivity contribution in [2.24, 2.45) is 0 Å². The SMILES string of the molecule is CC(Nc1ccnc(NCCc2ccc(Cl)c(Cl)c2)n1)c1ccccc1. The fraction of sp³-hybridized carbons (Fsp3) is 0.200. The number of nitrogens with one attached hydrogen (secondary N) is 2. The van der Waals surface area contributed by atoms with Crippen LogP contribution in [0.5, 0.6) is 0 Å². The summed E-state index contributed by atoms with van der Waals surface area (Å²) in [6.45, 7) is 2.81. The van der Waals surface area contributed by atoms with Crippen molar-refractivity contribution in [1.82, 2.24) is 9.97 Å². The number of rotatable bonds is 7. The van der Waals surface area contributed by atoms with Crippen molar-refractivity contribution in [1.29, 1.82) is 0 Å². The van der Waals surface area contributed by atoms with Crippen LogP contribution in [0.2, 0.25) is 10.0 Å². The third-order valence-corrected chi connectivity index (χ3v) is 4.74. The summed E-state index contributed by atoms with van der Waals surface area (Å²) in [6.07, 6.45) is 2.55. The molecule has 0 saturated heterocycles. The third-order valence-electron chi connectivity index (χ3n) is 4.00. The minimum absolute atomic E-state index is 0.162. The van der Waals surface area contributed by atoms with Crippen LogP contribution in [0.15, 0.2) is 60.8 Å². The molecule has 0 aliphatic carbocycles. The van der Waals surface area contributed by atoms with Crippen LogP contribution < -0.4 is 10.6 Å². The van der Waals surface area contributed by atoms with E-state index in [1.165, 1.54) is 5.56 Å². The van der Waals surface area contributed by atoms with Gasteiger partial charge in [-0.1, -0.05) is 59.6 Å². The maximum absolute atomic E-state index is 6.04. The second-order valence-corrected chi connectivity index (χ2v) is 6.78. The summed E-state index contributed by atoms with van der Waals surface area (Å²) in [7, 11) is 0. The van der Waals surface area contributed by atoms with Crippen molar-refractivity contribution in [3.8, 4) is 0 Å². The molecule has 2 N–H and O–H groups in total. The molecule has 3 aromatic rings. The molecule has 26 heavy (non-hydrogen) atoms. The fourth-order valence-electron chi connectivity index (χ4n) is 2.58. The molecule has 0 fully saturated rings. The van der Waals surface area contributed by atoms with Gasteiger partial charge in [-0.05, 0) is 42.7 Å². The first-order valence-electron chi connectivity index (χ1n) is 8.44. The minimum atomic E-state index is 0.162. The Labute approximate surface area is 163 Å².